The van der Waals surface area contributed by atoms with Crippen LogP contribution in [0, 0.1) is 5.82 Å². The summed E-state index contributed by atoms with van der Waals surface area (Å²) >= 11 is 5.98. The lowest BCUT2D eigenvalue weighted by Gasteiger charge is -2.33. The van der Waals surface area contributed by atoms with Crippen LogP contribution in [-0.2, 0) is 13.2 Å². The van der Waals surface area contributed by atoms with E-state index in [1.165, 1.54) is 12.4 Å². The summed E-state index contributed by atoms with van der Waals surface area (Å²) in [4.78, 5) is 20.0. The number of hydrogen-bond acceptors (Lipinski definition) is 6. The van der Waals surface area contributed by atoms with Crippen LogP contribution in [0.15, 0.2) is 49.1 Å². The monoisotopic (exact) mass is 545 g/mol. The number of halogens is 5. The van der Waals surface area contributed by atoms with E-state index in [4.69, 9.17) is 11.6 Å². The average molecular weight is 546 g/mol. The van der Waals surface area contributed by atoms with Gasteiger partial charge in [0.2, 0.25) is 0 Å². The molecule has 0 aliphatic carbocycles. The van der Waals surface area contributed by atoms with Crippen molar-refractivity contribution < 1.29 is 17.6 Å². The number of aryl methyl sites for hydroxylation is 1. The Bertz CT molecular complexity index is 1450. The number of benzene rings is 1. The highest BCUT2D eigenvalue weighted by Gasteiger charge is 2.34. The van der Waals surface area contributed by atoms with Crippen molar-refractivity contribution in [2.24, 2.45) is 7.05 Å². The zero-order valence-electron chi connectivity index (χ0n) is 20.6. The third-order valence-electron chi connectivity index (χ3n) is 6.72. The van der Waals surface area contributed by atoms with Gasteiger partial charge in [0, 0.05) is 56.6 Å². The molecule has 0 spiro atoms. The molecule has 1 aliphatic rings. The fourth-order valence-electron chi connectivity index (χ4n) is 4.85. The molecule has 0 bridgehead atoms. The van der Waals surface area contributed by atoms with E-state index in [1.54, 1.807) is 25.5 Å². The summed E-state index contributed by atoms with van der Waals surface area (Å²) in [5.74, 6) is 1.02. The maximum atomic E-state index is 13.8. The number of nitrogens with zero attached hydrogens (tertiary/aromatic N) is 6. The molecular weight excluding hydrogens is 522 g/mol. The van der Waals surface area contributed by atoms with Crippen LogP contribution < -0.4 is 10.2 Å². The molecule has 1 N–H and O–H groups in total. The van der Waals surface area contributed by atoms with E-state index in [0.717, 1.165) is 47.7 Å². The summed E-state index contributed by atoms with van der Waals surface area (Å²) in [5.41, 5.74) is 0.964. The van der Waals surface area contributed by atoms with E-state index >= 15 is 0 Å². The highest BCUT2D eigenvalue weighted by Crippen LogP contribution is 2.38. The molecule has 12 heteroatoms. The normalized spacial score (nSPS) is 14.7. The molecule has 7 nitrogen and oxygen atoms in total. The van der Waals surface area contributed by atoms with Gasteiger partial charge in [0.1, 0.15) is 34.8 Å². The van der Waals surface area contributed by atoms with Crippen LogP contribution in [0.4, 0.5) is 29.2 Å². The van der Waals surface area contributed by atoms with Gasteiger partial charge in [-0.25, -0.2) is 24.3 Å². The maximum absolute atomic E-state index is 13.8. The predicted octanol–water partition coefficient (Wildman–Crippen LogP) is 6.18. The molecular formula is C26H24ClF4N7. The highest BCUT2D eigenvalue weighted by molar-refractivity contribution is 6.29. The van der Waals surface area contributed by atoms with Crippen LogP contribution in [0.25, 0.3) is 22.4 Å². The van der Waals surface area contributed by atoms with Gasteiger partial charge < -0.3 is 14.8 Å². The highest BCUT2D eigenvalue weighted by atomic mass is 35.5. The van der Waals surface area contributed by atoms with E-state index < -0.39 is 17.6 Å². The Morgan fingerprint density at radius 2 is 1.76 bits per heavy atom. The molecule has 4 heterocycles. The molecule has 1 aromatic carbocycles. The topological polar surface area (TPSA) is 71.8 Å². The number of pyridine rings is 1. The molecule has 1 saturated heterocycles. The van der Waals surface area contributed by atoms with E-state index in [0.29, 0.717) is 29.8 Å². The van der Waals surface area contributed by atoms with E-state index in [1.807, 2.05) is 17.7 Å². The van der Waals surface area contributed by atoms with E-state index in [9.17, 15) is 17.6 Å². The first-order valence-corrected chi connectivity index (χ1v) is 12.3. The number of rotatable bonds is 5. The molecule has 198 valence electrons. The summed E-state index contributed by atoms with van der Waals surface area (Å²) in [6.45, 7) is 1.38. The number of aromatic nitrogens is 5. The van der Waals surface area contributed by atoms with Gasteiger partial charge in [-0.1, -0.05) is 11.6 Å². The van der Waals surface area contributed by atoms with Gasteiger partial charge in [-0.3, -0.25) is 0 Å². The van der Waals surface area contributed by atoms with Crippen LogP contribution in [-0.4, -0.2) is 44.6 Å². The summed E-state index contributed by atoms with van der Waals surface area (Å²) < 4.78 is 55.2. The number of imidazole rings is 1. The molecule has 1 fully saturated rings. The third kappa shape index (κ3) is 5.02. The van der Waals surface area contributed by atoms with Crippen LogP contribution in [0.5, 0.6) is 0 Å². The van der Waals surface area contributed by atoms with E-state index in [2.05, 4.69) is 30.2 Å². The Hall–Kier alpha value is -3.73. The summed E-state index contributed by atoms with van der Waals surface area (Å²) in [6, 6.07) is 6.56. The van der Waals surface area contributed by atoms with Gasteiger partial charge in [-0.05, 0) is 43.2 Å². The maximum Gasteiger partial charge on any atom is 0.419 e. The number of anilines is 2. The second kappa shape index (κ2) is 10.2. The smallest absolute Gasteiger partial charge is 0.372 e. The lowest BCUT2D eigenvalue weighted by Crippen LogP contribution is -2.34. The van der Waals surface area contributed by atoms with Crippen molar-refractivity contribution in [1.82, 2.24) is 24.5 Å². The van der Waals surface area contributed by atoms with Gasteiger partial charge in [0.25, 0.3) is 0 Å². The van der Waals surface area contributed by atoms with Crippen LogP contribution in [0.3, 0.4) is 0 Å². The largest absolute Gasteiger partial charge is 0.419 e. The summed E-state index contributed by atoms with van der Waals surface area (Å²) in [6.07, 6.45) is 1.64. The SMILES string of the molecule is CNc1ncnc(N2CCC(c3nc(-c4ccc(F)c(C(F)(F)F)c4)cn3C)CC2)c1-c1ccc(Cl)nc1. The minimum atomic E-state index is -4.78. The van der Waals surface area contributed by atoms with Crippen molar-refractivity contribution in [3.63, 3.8) is 0 Å². The quantitative estimate of drug-likeness (QED) is 0.239. The molecule has 4 aromatic rings. The zero-order chi connectivity index (χ0) is 27.0. The van der Waals surface area contributed by atoms with Crippen molar-refractivity contribution >= 4 is 23.2 Å². The Balaban J connectivity index is 1.38. The first-order chi connectivity index (χ1) is 18.2. The molecule has 1 aliphatic heterocycles. The molecule has 38 heavy (non-hydrogen) atoms. The molecule has 0 radical (unpaired) electrons. The Morgan fingerprint density at radius 1 is 1.03 bits per heavy atom. The third-order valence-corrected chi connectivity index (χ3v) is 6.94. The van der Waals surface area contributed by atoms with Crippen LogP contribution >= 0.6 is 11.6 Å². The second-order valence-electron chi connectivity index (χ2n) is 9.09. The van der Waals surface area contributed by atoms with Crippen LogP contribution in [0.1, 0.15) is 30.1 Å². The van der Waals surface area contributed by atoms with Gasteiger partial charge >= 0.3 is 6.18 Å². The number of hydrogen-bond donors (Lipinski definition) is 1. The number of nitrogens with one attached hydrogen (secondary N) is 1. The van der Waals surface area contributed by atoms with Gasteiger partial charge in [-0.15, -0.1) is 0 Å². The fraction of sp³-hybridized carbons (Fsp3) is 0.308. The summed E-state index contributed by atoms with van der Waals surface area (Å²) in [7, 11) is 3.62. The van der Waals surface area contributed by atoms with Crippen LogP contribution in [0.2, 0.25) is 5.15 Å². The predicted molar refractivity (Wildman–Crippen MR) is 138 cm³/mol. The number of piperidine rings is 1. The molecule has 0 unspecified atom stereocenters. The zero-order valence-corrected chi connectivity index (χ0v) is 21.4. The first-order valence-electron chi connectivity index (χ1n) is 12.0. The van der Waals surface area contributed by atoms with Crippen molar-refractivity contribution in [3.05, 3.63) is 71.4 Å². The minimum Gasteiger partial charge on any atom is -0.372 e. The Morgan fingerprint density at radius 3 is 2.42 bits per heavy atom. The van der Waals surface area contributed by atoms with Crippen molar-refractivity contribution in [2.45, 2.75) is 24.9 Å². The van der Waals surface area contributed by atoms with Crippen molar-refractivity contribution in [2.75, 3.05) is 30.4 Å². The molecule has 0 saturated carbocycles. The van der Waals surface area contributed by atoms with Gasteiger partial charge in [-0.2, -0.15) is 13.2 Å². The lowest BCUT2D eigenvalue weighted by molar-refractivity contribution is -0.139. The fourth-order valence-corrected chi connectivity index (χ4v) is 4.96. The first kappa shape index (κ1) is 25.9. The minimum absolute atomic E-state index is 0.0961. The Kier molecular flexibility index (Phi) is 6.95. The average Bonchev–Trinajstić information content (AvgIpc) is 3.30. The van der Waals surface area contributed by atoms with Crippen molar-refractivity contribution in [3.8, 4) is 22.4 Å². The molecule has 0 atom stereocenters. The Labute approximate surface area is 221 Å². The molecule has 0 amide bonds. The summed E-state index contributed by atoms with van der Waals surface area (Å²) in [5, 5.41) is 3.51. The number of alkyl halides is 3. The standard InChI is InChI=1S/C26H24ClF4N7/c1-32-23-22(17-4-6-21(27)33-12-17)25(35-14-34-23)38-9-7-15(8-10-38)24-36-20(13-37(24)2)16-3-5-19(28)18(11-16)26(29,30)31/h3-6,11-15H,7-10H2,1-2H3,(H,32,34,35). The second-order valence-corrected chi connectivity index (χ2v) is 9.48. The van der Waals surface area contributed by atoms with E-state index in [-0.39, 0.29) is 11.5 Å². The molecule has 5 rings (SSSR count). The molecule has 3 aromatic heterocycles. The van der Waals surface area contributed by atoms with Crippen molar-refractivity contribution in [1.29, 1.82) is 0 Å². The lowest BCUT2D eigenvalue weighted by atomic mass is 9.95. The van der Waals surface area contributed by atoms with Gasteiger partial charge in [0.15, 0.2) is 0 Å². The van der Waals surface area contributed by atoms with Gasteiger partial charge in [0.05, 0.1) is 16.8 Å².